The van der Waals surface area contributed by atoms with Crippen molar-refractivity contribution in [1.29, 1.82) is 0 Å². The number of benzene rings is 1. The molecule has 0 bridgehead atoms. The Morgan fingerprint density at radius 2 is 2.08 bits per heavy atom. The van der Waals surface area contributed by atoms with E-state index < -0.39 is 24.5 Å². The third kappa shape index (κ3) is 3.10. The van der Waals surface area contributed by atoms with Crippen molar-refractivity contribution in [3.05, 3.63) is 39.7 Å². The van der Waals surface area contributed by atoms with Gasteiger partial charge in [-0.2, -0.15) is 0 Å². The van der Waals surface area contributed by atoms with Crippen LogP contribution in [0.1, 0.15) is 24.5 Å². The van der Waals surface area contributed by atoms with Crippen LogP contribution in [0.5, 0.6) is 5.75 Å². The number of carbonyl (C=O) groups is 2. The molecule has 1 aromatic heterocycles. The molecular formula is C17H17NO6. The molecule has 0 unspecified atom stereocenters. The molecule has 0 saturated heterocycles. The molecule has 1 amide bonds. The number of aliphatic carboxylic acids is 1. The fourth-order valence-corrected chi connectivity index (χ4v) is 2.90. The Balaban J connectivity index is 1.81. The van der Waals surface area contributed by atoms with Crippen molar-refractivity contribution < 1.29 is 23.8 Å². The molecule has 0 saturated carbocycles. The lowest BCUT2D eigenvalue weighted by atomic mass is 10.1. The normalized spacial score (nSPS) is 14.2. The van der Waals surface area contributed by atoms with Gasteiger partial charge in [-0.05, 0) is 43.9 Å². The van der Waals surface area contributed by atoms with Crippen molar-refractivity contribution in [2.75, 3.05) is 6.54 Å². The maximum absolute atomic E-state index is 12.0. The summed E-state index contributed by atoms with van der Waals surface area (Å²) in [6.45, 7) is 1.05. The molecule has 2 aromatic rings. The van der Waals surface area contributed by atoms with Gasteiger partial charge in [0.2, 0.25) is 0 Å². The van der Waals surface area contributed by atoms with Gasteiger partial charge in [-0.3, -0.25) is 9.59 Å². The van der Waals surface area contributed by atoms with Crippen molar-refractivity contribution >= 4 is 22.8 Å². The summed E-state index contributed by atoms with van der Waals surface area (Å²) < 4.78 is 10.9. The Bertz CT molecular complexity index is 869. The highest BCUT2D eigenvalue weighted by atomic mass is 16.5. The minimum Gasteiger partial charge on any atom is -0.481 e. The van der Waals surface area contributed by atoms with Crippen molar-refractivity contribution in [2.24, 2.45) is 0 Å². The topological polar surface area (TPSA) is 106 Å². The maximum Gasteiger partial charge on any atom is 0.339 e. The van der Waals surface area contributed by atoms with Crippen molar-refractivity contribution in [1.82, 2.24) is 5.32 Å². The fraction of sp³-hybridized carbons (Fsp3) is 0.353. The summed E-state index contributed by atoms with van der Waals surface area (Å²) in [4.78, 5) is 34.2. The first-order chi connectivity index (χ1) is 11.5. The van der Waals surface area contributed by atoms with Gasteiger partial charge in [-0.15, -0.1) is 0 Å². The van der Waals surface area contributed by atoms with E-state index in [1.807, 2.05) is 6.07 Å². The van der Waals surface area contributed by atoms with Gasteiger partial charge in [0.25, 0.3) is 5.91 Å². The van der Waals surface area contributed by atoms with E-state index in [0.717, 1.165) is 35.8 Å². The van der Waals surface area contributed by atoms with Crippen LogP contribution < -0.4 is 15.7 Å². The average Bonchev–Trinajstić information content (AvgIpc) is 3.02. The van der Waals surface area contributed by atoms with E-state index in [9.17, 15) is 14.4 Å². The monoisotopic (exact) mass is 331 g/mol. The van der Waals surface area contributed by atoms with Crippen LogP contribution in [0.25, 0.3) is 11.0 Å². The molecule has 0 spiro atoms. The minimum atomic E-state index is -1.13. The second-order valence-corrected chi connectivity index (χ2v) is 5.73. The largest absolute Gasteiger partial charge is 0.481 e. The summed E-state index contributed by atoms with van der Waals surface area (Å²) in [5.74, 6) is -1.29. The Morgan fingerprint density at radius 1 is 1.33 bits per heavy atom. The molecule has 3 rings (SSSR count). The van der Waals surface area contributed by atoms with Gasteiger partial charge < -0.3 is 19.6 Å². The third-order valence-corrected chi connectivity index (χ3v) is 4.04. The second kappa shape index (κ2) is 6.35. The molecule has 1 heterocycles. The Hall–Kier alpha value is -2.83. The van der Waals surface area contributed by atoms with E-state index in [1.54, 1.807) is 12.1 Å². The molecule has 7 nitrogen and oxygen atoms in total. The number of nitrogens with one attached hydrogen (secondary N) is 1. The molecule has 1 aromatic carbocycles. The standard InChI is InChI=1S/C17H17NO6/c1-9(16(21)18-8-15(19)20)23-10-5-6-12-11-3-2-4-13(11)17(22)24-14(12)7-10/h5-7,9H,2-4,8H2,1H3,(H,18,21)(H,19,20)/t9-/m1/s1. The summed E-state index contributed by atoms with van der Waals surface area (Å²) in [5, 5.41) is 11.7. The summed E-state index contributed by atoms with van der Waals surface area (Å²) >= 11 is 0. The van der Waals surface area contributed by atoms with Gasteiger partial charge in [0, 0.05) is 17.0 Å². The van der Waals surface area contributed by atoms with Gasteiger partial charge in [-0.1, -0.05) is 0 Å². The summed E-state index contributed by atoms with van der Waals surface area (Å²) in [7, 11) is 0. The molecule has 0 fully saturated rings. The highest BCUT2D eigenvalue weighted by Gasteiger charge is 2.20. The molecule has 7 heteroatoms. The van der Waals surface area contributed by atoms with Crippen LogP contribution in [0.2, 0.25) is 0 Å². The van der Waals surface area contributed by atoms with Crippen LogP contribution in [-0.4, -0.2) is 29.6 Å². The Kier molecular flexibility index (Phi) is 4.24. The first kappa shape index (κ1) is 16.0. The smallest absolute Gasteiger partial charge is 0.339 e. The van der Waals surface area contributed by atoms with Crippen molar-refractivity contribution in [3.63, 3.8) is 0 Å². The third-order valence-electron chi connectivity index (χ3n) is 4.04. The van der Waals surface area contributed by atoms with E-state index in [2.05, 4.69) is 5.32 Å². The number of ether oxygens (including phenoxy) is 1. The van der Waals surface area contributed by atoms with Crippen LogP contribution in [0, 0.1) is 0 Å². The zero-order chi connectivity index (χ0) is 17.3. The lowest BCUT2D eigenvalue weighted by Crippen LogP contribution is -2.39. The number of aryl methyl sites for hydroxylation is 1. The van der Waals surface area contributed by atoms with E-state index in [4.69, 9.17) is 14.3 Å². The zero-order valence-corrected chi connectivity index (χ0v) is 13.1. The SMILES string of the molecule is C[C@@H](Oc1ccc2c3c(c(=O)oc2c1)CCC3)C(=O)NCC(=O)O. The number of amides is 1. The van der Waals surface area contributed by atoms with E-state index in [1.165, 1.54) is 6.92 Å². The number of hydrogen-bond acceptors (Lipinski definition) is 5. The molecule has 0 aliphatic heterocycles. The lowest BCUT2D eigenvalue weighted by Gasteiger charge is -2.14. The highest BCUT2D eigenvalue weighted by molar-refractivity contribution is 5.85. The predicted molar refractivity (Wildman–Crippen MR) is 85.2 cm³/mol. The van der Waals surface area contributed by atoms with Gasteiger partial charge in [0.1, 0.15) is 17.9 Å². The van der Waals surface area contributed by atoms with Crippen molar-refractivity contribution in [3.8, 4) is 5.75 Å². The van der Waals surface area contributed by atoms with Gasteiger partial charge in [0.05, 0.1) is 0 Å². The number of fused-ring (bicyclic) bond motifs is 3. The predicted octanol–water partition coefficient (Wildman–Crippen LogP) is 1.25. The fourth-order valence-electron chi connectivity index (χ4n) is 2.90. The van der Waals surface area contributed by atoms with Crippen LogP contribution in [0.3, 0.4) is 0 Å². The highest BCUT2D eigenvalue weighted by Crippen LogP contribution is 2.29. The second-order valence-electron chi connectivity index (χ2n) is 5.73. The molecule has 1 aliphatic carbocycles. The first-order valence-corrected chi connectivity index (χ1v) is 7.70. The molecule has 1 aliphatic rings. The quantitative estimate of drug-likeness (QED) is 0.799. The van der Waals surface area contributed by atoms with E-state index in [-0.39, 0.29) is 5.63 Å². The van der Waals surface area contributed by atoms with Crippen molar-refractivity contribution in [2.45, 2.75) is 32.3 Å². The minimum absolute atomic E-state index is 0.320. The van der Waals surface area contributed by atoms with Crippen LogP contribution in [-0.2, 0) is 22.4 Å². The number of carbonyl (C=O) groups excluding carboxylic acids is 1. The van der Waals surface area contributed by atoms with Gasteiger partial charge in [-0.25, -0.2) is 4.79 Å². The summed E-state index contributed by atoms with van der Waals surface area (Å²) in [6.07, 6.45) is 1.67. The number of carboxylic acid groups (broad SMARTS) is 1. The lowest BCUT2D eigenvalue weighted by molar-refractivity contribution is -0.139. The molecule has 1 atom stereocenters. The summed E-state index contributed by atoms with van der Waals surface area (Å²) in [5.41, 5.74) is 1.88. The Labute approximate surface area is 137 Å². The number of hydrogen-bond donors (Lipinski definition) is 2. The van der Waals surface area contributed by atoms with E-state index >= 15 is 0 Å². The van der Waals surface area contributed by atoms with Crippen LogP contribution >= 0.6 is 0 Å². The zero-order valence-electron chi connectivity index (χ0n) is 13.1. The number of carboxylic acids is 1. The van der Waals surface area contributed by atoms with Crippen LogP contribution in [0.15, 0.2) is 27.4 Å². The maximum atomic E-state index is 12.0. The molecule has 0 radical (unpaired) electrons. The average molecular weight is 331 g/mol. The number of rotatable bonds is 5. The molecule has 2 N–H and O–H groups in total. The van der Waals surface area contributed by atoms with E-state index in [0.29, 0.717) is 11.3 Å². The van der Waals surface area contributed by atoms with Crippen LogP contribution in [0.4, 0.5) is 0 Å². The molecule has 24 heavy (non-hydrogen) atoms. The summed E-state index contributed by atoms with van der Waals surface area (Å²) in [6, 6.07) is 5.11. The Morgan fingerprint density at radius 3 is 2.83 bits per heavy atom. The molecule has 126 valence electrons. The molecular weight excluding hydrogens is 314 g/mol. The first-order valence-electron chi connectivity index (χ1n) is 7.70. The van der Waals surface area contributed by atoms with Gasteiger partial charge >= 0.3 is 11.6 Å². The van der Waals surface area contributed by atoms with Gasteiger partial charge in [0.15, 0.2) is 6.10 Å².